The van der Waals surface area contributed by atoms with Crippen molar-refractivity contribution < 1.29 is 18.3 Å². The van der Waals surface area contributed by atoms with Crippen molar-refractivity contribution in [2.75, 3.05) is 0 Å². The molecule has 0 aliphatic rings. The van der Waals surface area contributed by atoms with Gasteiger partial charge in [0.2, 0.25) is 0 Å². The number of ether oxygens (including phenoxy) is 1. The third-order valence-corrected chi connectivity index (χ3v) is 2.70. The first-order valence-corrected chi connectivity index (χ1v) is 5.86. The van der Waals surface area contributed by atoms with E-state index in [0.717, 1.165) is 0 Å². The minimum atomic E-state index is -0.601. The lowest BCUT2D eigenvalue weighted by Gasteiger charge is -2.05. The van der Waals surface area contributed by atoms with Crippen LogP contribution in [0.4, 0.5) is 4.39 Å². The first kappa shape index (κ1) is 13.4. The summed E-state index contributed by atoms with van der Waals surface area (Å²) in [6.45, 7) is -0.215. The van der Waals surface area contributed by atoms with Crippen molar-refractivity contribution in [3.63, 3.8) is 0 Å². The van der Waals surface area contributed by atoms with Crippen LogP contribution in [0.2, 0.25) is 5.02 Å². The van der Waals surface area contributed by atoms with E-state index in [1.54, 1.807) is 12.1 Å². The summed E-state index contributed by atoms with van der Waals surface area (Å²) in [7, 11) is 0. The minimum absolute atomic E-state index is 0.156. The summed E-state index contributed by atoms with van der Waals surface area (Å²) in [5, 5.41) is 0.225. The highest BCUT2D eigenvalue weighted by Gasteiger charge is 2.08. The van der Waals surface area contributed by atoms with E-state index >= 15 is 0 Å². The van der Waals surface area contributed by atoms with Crippen molar-refractivity contribution in [3.8, 4) is 0 Å². The molecule has 0 spiro atoms. The molecule has 19 heavy (non-hydrogen) atoms. The van der Waals surface area contributed by atoms with Crippen LogP contribution in [0.25, 0.3) is 6.08 Å². The fraction of sp³-hybridized carbons (Fsp3) is 0.0714. The Hall–Kier alpha value is -2.07. The van der Waals surface area contributed by atoms with Crippen LogP contribution < -0.4 is 0 Å². The van der Waals surface area contributed by atoms with Gasteiger partial charge in [0, 0.05) is 11.6 Å². The number of hydrogen-bond acceptors (Lipinski definition) is 3. The van der Waals surface area contributed by atoms with Gasteiger partial charge in [0.25, 0.3) is 0 Å². The first-order chi connectivity index (χ1) is 9.16. The fourth-order valence-electron chi connectivity index (χ4n) is 1.40. The van der Waals surface area contributed by atoms with Crippen molar-refractivity contribution in [2.45, 2.75) is 6.61 Å². The number of hydrogen-bond donors (Lipinski definition) is 0. The van der Waals surface area contributed by atoms with Crippen LogP contribution >= 0.6 is 11.6 Å². The van der Waals surface area contributed by atoms with Crippen LogP contribution in [-0.2, 0) is 16.1 Å². The average Bonchev–Trinajstić information content (AvgIpc) is 2.89. The molecule has 5 heteroatoms. The van der Waals surface area contributed by atoms with Crippen molar-refractivity contribution in [3.05, 3.63) is 64.8 Å². The Labute approximate surface area is 114 Å². The van der Waals surface area contributed by atoms with E-state index in [0.29, 0.717) is 5.76 Å². The zero-order chi connectivity index (χ0) is 13.7. The number of halogens is 2. The van der Waals surface area contributed by atoms with Crippen LogP contribution in [0.15, 0.2) is 47.1 Å². The highest BCUT2D eigenvalue weighted by atomic mass is 35.5. The summed E-state index contributed by atoms with van der Waals surface area (Å²) in [5.41, 5.74) is 0.156. The second-order valence-electron chi connectivity index (χ2n) is 3.66. The van der Waals surface area contributed by atoms with Gasteiger partial charge in [-0.25, -0.2) is 9.18 Å². The summed E-state index contributed by atoms with van der Waals surface area (Å²) in [4.78, 5) is 11.4. The molecule has 0 fully saturated rings. The molecule has 0 amide bonds. The van der Waals surface area contributed by atoms with Gasteiger partial charge >= 0.3 is 5.97 Å². The highest BCUT2D eigenvalue weighted by Crippen LogP contribution is 2.19. The molecule has 1 heterocycles. The van der Waals surface area contributed by atoms with E-state index in [-0.39, 0.29) is 17.2 Å². The molecule has 0 radical (unpaired) electrons. The Morgan fingerprint density at radius 3 is 2.89 bits per heavy atom. The number of benzene rings is 1. The molecule has 1 aromatic carbocycles. The molecule has 1 aromatic heterocycles. The molecule has 98 valence electrons. The molecular formula is C14H10ClFO3. The SMILES string of the molecule is O=C(C=Cc1ccco1)OCc1c(F)cccc1Cl. The summed E-state index contributed by atoms with van der Waals surface area (Å²) in [5.74, 6) is -0.577. The summed E-state index contributed by atoms with van der Waals surface area (Å²) < 4.78 is 23.3. The molecule has 0 aliphatic heterocycles. The number of rotatable bonds is 4. The monoisotopic (exact) mass is 280 g/mol. The summed E-state index contributed by atoms with van der Waals surface area (Å²) in [6, 6.07) is 7.67. The van der Waals surface area contributed by atoms with E-state index in [1.807, 2.05) is 0 Å². The third kappa shape index (κ3) is 3.69. The van der Waals surface area contributed by atoms with Gasteiger partial charge in [0.1, 0.15) is 18.2 Å². The van der Waals surface area contributed by atoms with Gasteiger partial charge in [-0.05, 0) is 30.3 Å². The summed E-state index contributed by atoms with van der Waals surface area (Å²) >= 11 is 5.81. The number of carbonyl (C=O) groups excluding carboxylic acids is 1. The largest absolute Gasteiger partial charge is 0.465 e. The van der Waals surface area contributed by atoms with Crippen LogP contribution in [0.5, 0.6) is 0 Å². The Balaban J connectivity index is 1.94. The second-order valence-corrected chi connectivity index (χ2v) is 4.06. The lowest BCUT2D eigenvalue weighted by Crippen LogP contribution is -2.03. The van der Waals surface area contributed by atoms with Crippen molar-refractivity contribution in [2.24, 2.45) is 0 Å². The standard InChI is InChI=1S/C14H10ClFO3/c15-12-4-1-5-13(16)11(12)9-19-14(17)7-6-10-3-2-8-18-10/h1-8H,9H2. The minimum Gasteiger partial charge on any atom is -0.465 e. The van der Waals surface area contributed by atoms with Gasteiger partial charge in [0.15, 0.2) is 0 Å². The topological polar surface area (TPSA) is 39.4 Å². The Morgan fingerprint density at radius 2 is 2.21 bits per heavy atom. The van der Waals surface area contributed by atoms with Crippen molar-refractivity contribution in [1.82, 2.24) is 0 Å². The molecule has 0 bridgehead atoms. The van der Waals surface area contributed by atoms with Crippen LogP contribution in [0.3, 0.4) is 0 Å². The summed E-state index contributed by atoms with van der Waals surface area (Å²) in [6.07, 6.45) is 4.16. The average molecular weight is 281 g/mol. The molecule has 2 rings (SSSR count). The molecule has 0 atom stereocenters. The number of esters is 1. The van der Waals surface area contributed by atoms with Gasteiger partial charge in [0.05, 0.1) is 11.3 Å². The van der Waals surface area contributed by atoms with Crippen molar-refractivity contribution in [1.29, 1.82) is 0 Å². The Morgan fingerprint density at radius 1 is 1.37 bits per heavy atom. The zero-order valence-corrected chi connectivity index (χ0v) is 10.6. The zero-order valence-electron chi connectivity index (χ0n) is 9.81. The van der Waals surface area contributed by atoms with Gasteiger partial charge < -0.3 is 9.15 Å². The second kappa shape index (κ2) is 6.20. The van der Waals surface area contributed by atoms with E-state index in [2.05, 4.69) is 0 Å². The highest BCUT2D eigenvalue weighted by molar-refractivity contribution is 6.31. The van der Waals surface area contributed by atoms with Crippen molar-refractivity contribution >= 4 is 23.6 Å². The quantitative estimate of drug-likeness (QED) is 0.631. The van der Waals surface area contributed by atoms with Crippen LogP contribution in [0.1, 0.15) is 11.3 Å². The van der Waals surface area contributed by atoms with Gasteiger partial charge in [-0.15, -0.1) is 0 Å². The molecule has 0 N–H and O–H groups in total. The van der Waals surface area contributed by atoms with Crippen LogP contribution in [0, 0.1) is 5.82 Å². The van der Waals surface area contributed by atoms with Gasteiger partial charge in [-0.1, -0.05) is 17.7 Å². The maximum Gasteiger partial charge on any atom is 0.331 e. The number of furan rings is 1. The van der Waals surface area contributed by atoms with E-state index in [1.165, 1.54) is 36.6 Å². The molecule has 2 aromatic rings. The molecule has 0 saturated heterocycles. The third-order valence-electron chi connectivity index (χ3n) is 2.35. The fourth-order valence-corrected chi connectivity index (χ4v) is 1.62. The predicted octanol–water partition coefficient (Wildman–Crippen LogP) is 3.83. The van der Waals surface area contributed by atoms with E-state index < -0.39 is 11.8 Å². The Kier molecular flexibility index (Phi) is 4.36. The first-order valence-electron chi connectivity index (χ1n) is 5.48. The van der Waals surface area contributed by atoms with Gasteiger partial charge in [-0.3, -0.25) is 0 Å². The van der Waals surface area contributed by atoms with Gasteiger partial charge in [-0.2, -0.15) is 0 Å². The molecular weight excluding hydrogens is 271 g/mol. The molecule has 0 aliphatic carbocycles. The predicted molar refractivity (Wildman–Crippen MR) is 68.9 cm³/mol. The maximum atomic E-state index is 13.4. The van der Waals surface area contributed by atoms with Crippen LogP contribution in [-0.4, -0.2) is 5.97 Å². The Bertz CT molecular complexity index is 570. The molecule has 0 unspecified atom stereocenters. The lowest BCUT2D eigenvalue weighted by atomic mass is 10.2. The van der Waals surface area contributed by atoms with E-state index in [9.17, 15) is 9.18 Å². The number of carbonyl (C=O) groups is 1. The molecule has 3 nitrogen and oxygen atoms in total. The molecule has 0 saturated carbocycles. The lowest BCUT2D eigenvalue weighted by molar-refractivity contribution is -0.138. The maximum absolute atomic E-state index is 13.4. The smallest absolute Gasteiger partial charge is 0.331 e. The van der Waals surface area contributed by atoms with E-state index in [4.69, 9.17) is 20.8 Å². The normalized spacial score (nSPS) is 10.8.